The third-order valence-corrected chi connectivity index (χ3v) is 4.55. The fraction of sp³-hybridized carbons (Fsp3) is 0.0588. The zero-order chi connectivity index (χ0) is 17.3. The number of halogens is 1. The van der Waals surface area contributed by atoms with E-state index < -0.39 is 0 Å². The van der Waals surface area contributed by atoms with Crippen molar-refractivity contribution in [3.8, 4) is 11.5 Å². The summed E-state index contributed by atoms with van der Waals surface area (Å²) >= 11 is 6.96. The van der Waals surface area contributed by atoms with E-state index in [0.717, 1.165) is 11.8 Å². The molecular formula is C17H13ClN2O3S. The Balaban J connectivity index is 1.93. The van der Waals surface area contributed by atoms with Crippen LogP contribution in [0.3, 0.4) is 0 Å². The van der Waals surface area contributed by atoms with Gasteiger partial charge in [0.15, 0.2) is 5.17 Å². The Morgan fingerprint density at radius 3 is 2.62 bits per heavy atom. The van der Waals surface area contributed by atoms with Gasteiger partial charge in [-0.25, -0.2) is 0 Å². The summed E-state index contributed by atoms with van der Waals surface area (Å²) in [5.41, 5.74) is 1.01. The number of thioether (sulfide) groups is 1. The number of carbonyl (C=O) groups excluding carboxylic acids is 1. The number of rotatable bonds is 3. The molecule has 0 radical (unpaired) electrons. The fourth-order valence-electron chi connectivity index (χ4n) is 2.24. The lowest BCUT2D eigenvalue weighted by molar-refractivity contribution is -0.113. The number of hydrogen-bond donors (Lipinski definition) is 2. The number of ether oxygens (including phenoxy) is 1. The second kappa shape index (κ2) is 6.59. The van der Waals surface area contributed by atoms with Crippen LogP contribution in [0.5, 0.6) is 11.5 Å². The number of nitrogens with one attached hydrogen (secondary N) is 1. The number of carbonyl (C=O) groups is 1. The molecule has 1 fully saturated rings. The summed E-state index contributed by atoms with van der Waals surface area (Å²) in [5, 5.41) is 18.5. The molecule has 0 atom stereocenters. The molecule has 0 spiro atoms. The lowest BCUT2D eigenvalue weighted by Gasteiger charge is -2.14. The summed E-state index contributed by atoms with van der Waals surface area (Å²) < 4.78 is 5.10. The van der Waals surface area contributed by atoms with Crippen molar-refractivity contribution in [1.82, 2.24) is 0 Å². The van der Waals surface area contributed by atoms with Crippen molar-refractivity contribution in [3.05, 3.63) is 58.0 Å². The lowest BCUT2D eigenvalue weighted by Crippen LogP contribution is -2.27. The van der Waals surface area contributed by atoms with Crippen LogP contribution in [0.1, 0.15) is 5.56 Å². The highest BCUT2D eigenvalue weighted by Gasteiger charge is 2.33. The van der Waals surface area contributed by atoms with Gasteiger partial charge in [-0.05, 0) is 60.3 Å². The van der Waals surface area contributed by atoms with Gasteiger partial charge in [0.1, 0.15) is 11.5 Å². The molecular weight excluding hydrogens is 348 g/mol. The monoisotopic (exact) mass is 360 g/mol. The number of benzene rings is 2. The Hall–Kier alpha value is -2.44. The minimum Gasteiger partial charge on any atom is -0.507 e. The van der Waals surface area contributed by atoms with E-state index in [1.807, 2.05) is 0 Å². The smallest absolute Gasteiger partial charge is 0.271 e. The first-order valence-electron chi connectivity index (χ1n) is 6.94. The third-order valence-electron chi connectivity index (χ3n) is 3.43. The van der Waals surface area contributed by atoms with Gasteiger partial charge >= 0.3 is 0 Å². The maximum absolute atomic E-state index is 12.6. The molecule has 24 heavy (non-hydrogen) atoms. The minimum absolute atomic E-state index is 0.0229. The van der Waals surface area contributed by atoms with E-state index in [0.29, 0.717) is 26.9 Å². The molecule has 122 valence electrons. The van der Waals surface area contributed by atoms with Crippen LogP contribution in [0.4, 0.5) is 5.69 Å². The number of amides is 1. The quantitative estimate of drug-likeness (QED) is 0.808. The van der Waals surface area contributed by atoms with Crippen LogP contribution in [0.15, 0.2) is 47.4 Å². The van der Waals surface area contributed by atoms with Crippen LogP contribution in [0.2, 0.25) is 5.02 Å². The summed E-state index contributed by atoms with van der Waals surface area (Å²) in [6.07, 6.45) is 1.53. The van der Waals surface area contributed by atoms with Crippen molar-refractivity contribution in [2.45, 2.75) is 0 Å². The van der Waals surface area contributed by atoms with Gasteiger partial charge in [-0.2, -0.15) is 0 Å². The molecule has 1 saturated heterocycles. The van der Waals surface area contributed by atoms with E-state index in [1.165, 1.54) is 17.0 Å². The molecule has 0 bridgehead atoms. The maximum atomic E-state index is 12.6. The van der Waals surface area contributed by atoms with E-state index in [1.54, 1.807) is 43.5 Å². The molecule has 0 aromatic heterocycles. The van der Waals surface area contributed by atoms with Gasteiger partial charge in [0.05, 0.1) is 17.7 Å². The number of methoxy groups -OCH3 is 1. The van der Waals surface area contributed by atoms with E-state index in [9.17, 15) is 9.90 Å². The van der Waals surface area contributed by atoms with Gasteiger partial charge in [-0.1, -0.05) is 11.6 Å². The van der Waals surface area contributed by atoms with Crippen molar-refractivity contribution in [2.24, 2.45) is 0 Å². The van der Waals surface area contributed by atoms with Crippen molar-refractivity contribution in [3.63, 3.8) is 0 Å². The highest BCUT2D eigenvalue weighted by atomic mass is 35.5. The highest BCUT2D eigenvalue weighted by molar-refractivity contribution is 8.19. The molecule has 1 heterocycles. The van der Waals surface area contributed by atoms with E-state index >= 15 is 0 Å². The molecule has 3 rings (SSSR count). The van der Waals surface area contributed by atoms with Crippen LogP contribution in [-0.2, 0) is 4.79 Å². The molecule has 2 N–H and O–H groups in total. The first-order chi connectivity index (χ1) is 11.5. The first-order valence-corrected chi connectivity index (χ1v) is 8.14. The summed E-state index contributed by atoms with van der Waals surface area (Å²) in [7, 11) is 1.56. The van der Waals surface area contributed by atoms with E-state index in [4.69, 9.17) is 21.7 Å². The first kappa shape index (κ1) is 16.4. The number of phenolic OH excluding ortho intramolecular Hbond substituents is 1. The van der Waals surface area contributed by atoms with Crippen molar-refractivity contribution in [2.75, 3.05) is 12.0 Å². The maximum Gasteiger partial charge on any atom is 0.271 e. The molecule has 1 amide bonds. The summed E-state index contributed by atoms with van der Waals surface area (Å²) in [5.74, 6) is 0.369. The third kappa shape index (κ3) is 3.11. The molecule has 1 aliphatic heterocycles. The number of nitrogens with zero attached hydrogens (tertiary/aromatic N) is 1. The molecule has 0 unspecified atom stereocenters. The van der Waals surface area contributed by atoms with Gasteiger partial charge < -0.3 is 9.84 Å². The molecule has 0 aliphatic carbocycles. The van der Waals surface area contributed by atoms with Gasteiger partial charge in [-0.3, -0.25) is 15.1 Å². The zero-order valence-corrected chi connectivity index (χ0v) is 14.2. The zero-order valence-electron chi connectivity index (χ0n) is 12.6. The average molecular weight is 361 g/mol. The summed E-state index contributed by atoms with van der Waals surface area (Å²) in [6, 6.07) is 11.5. The topological polar surface area (TPSA) is 73.6 Å². The largest absolute Gasteiger partial charge is 0.507 e. The predicted molar refractivity (Wildman–Crippen MR) is 96.9 cm³/mol. The molecule has 5 nitrogen and oxygen atoms in total. The standard InChI is InChI=1S/C17H13ClN2O3S/c1-23-13-5-3-12(4-6-13)20-16(22)15(24-17(20)19)9-10-8-11(18)2-7-14(10)21/h2-9,19,21H,1H3/b15-9-,19-17?. The minimum atomic E-state index is -0.324. The Labute approximate surface area is 148 Å². The van der Waals surface area contributed by atoms with Gasteiger partial charge in [0, 0.05) is 10.6 Å². The van der Waals surface area contributed by atoms with E-state index in [-0.39, 0.29) is 16.8 Å². The van der Waals surface area contributed by atoms with E-state index in [2.05, 4.69) is 0 Å². The Morgan fingerprint density at radius 1 is 1.25 bits per heavy atom. The lowest BCUT2D eigenvalue weighted by atomic mass is 10.2. The highest BCUT2D eigenvalue weighted by Crippen LogP contribution is 2.37. The number of hydrogen-bond acceptors (Lipinski definition) is 5. The Morgan fingerprint density at radius 2 is 1.96 bits per heavy atom. The summed E-state index contributed by atoms with van der Waals surface area (Å²) in [6.45, 7) is 0. The number of anilines is 1. The Bertz CT molecular complexity index is 849. The van der Waals surface area contributed by atoms with Crippen LogP contribution < -0.4 is 9.64 Å². The SMILES string of the molecule is COc1ccc(N2C(=N)S/C(=C\c3cc(Cl)ccc3O)C2=O)cc1. The second-order valence-electron chi connectivity index (χ2n) is 4.96. The molecule has 2 aromatic rings. The number of phenols is 1. The number of aromatic hydroxyl groups is 1. The predicted octanol–water partition coefficient (Wildman–Crippen LogP) is 4.11. The normalized spacial score (nSPS) is 16.1. The summed E-state index contributed by atoms with van der Waals surface area (Å²) in [4.78, 5) is 14.3. The molecule has 0 saturated carbocycles. The van der Waals surface area contributed by atoms with Crippen LogP contribution >= 0.6 is 23.4 Å². The van der Waals surface area contributed by atoms with Gasteiger partial charge in [-0.15, -0.1) is 0 Å². The van der Waals surface area contributed by atoms with Crippen molar-refractivity contribution >= 4 is 46.2 Å². The molecule has 7 heteroatoms. The van der Waals surface area contributed by atoms with Gasteiger partial charge in [0.2, 0.25) is 0 Å². The van der Waals surface area contributed by atoms with Crippen LogP contribution in [0.25, 0.3) is 6.08 Å². The van der Waals surface area contributed by atoms with Gasteiger partial charge in [0.25, 0.3) is 5.91 Å². The second-order valence-corrected chi connectivity index (χ2v) is 6.42. The Kier molecular flexibility index (Phi) is 4.51. The number of amidine groups is 1. The van der Waals surface area contributed by atoms with Crippen molar-refractivity contribution < 1.29 is 14.6 Å². The van der Waals surface area contributed by atoms with Crippen molar-refractivity contribution in [1.29, 1.82) is 5.41 Å². The molecule has 1 aliphatic rings. The molecule has 2 aromatic carbocycles. The fourth-order valence-corrected chi connectivity index (χ4v) is 3.27. The van der Waals surface area contributed by atoms with Crippen LogP contribution in [0, 0.1) is 5.41 Å². The average Bonchev–Trinajstić information content (AvgIpc) is 2.85. The van der Waals surface area contributed by atoms with Crippen LogP contribution in [-0.4, -0.2) is 23.3 Å².